The average Bonchev–Trinajstić information content (AvgIpc) is 2.80. The maximum Gasteiger partial charge on any atom is 0.213 e. The molecule has 0 saturated heterocycles. The fraction of sp³-hybridized carbons (Fsp3) is 0.700. The van der Waals surface area contributed by atoms with Crippen LogP contribution in [0.2, 0.25) is 0 Å². The number of carbonyl (C=O) groups is 2. The highest BCUT2D eigenvalue weighted by Gasteiger charge is 2.15. The Morgan fingerprint density at radius 3 is 1.44 bits per heavy atom. The molecule has 0 saturated carbocycles. The highest BCUT2D eigenvalue weighted by atomic mass is 33.1. The first kappa shape index (κ1) is 32.8. The van der Waals surface area contributed by atoms with Gasteiger partial charge in [-0.3, -0.25) is 9.59 Å². The molecule has 0 fully saturated rings. The normalized spacial score (nSPS) is 14.3. The summed E-state index contributed by atoms with van der Waals surface area (Å²) >= 11 is 0. The lowest BCUT2D eigenvalue weighted by atomic mass is 10.3. The first-order valence-corrected chi connectivity index (χ1v) is 19.0. The second-order valence-electron chi connectivity index (χ2n) is 6.79. The van der Waals surface area contributed by atoms with Crippen LogP contribution >= 0.6 is 55.9 Å². The molecule has 186 valence electrons. The highest BCUT2D eigenvalue weighted by Crippen LogP contribution is 2.42. The molecule has 0 heterocycles. The third kappa shape index (κ3) is 14.2. The molecule has 0 aliphatic carbocycles. The van der Waals surface area contributed by atoms with E-state index in [1.807, 2.05) is 13.8 Å². The van der Waals surface area contributed by atoms with E-state index in [2.05, 4.69) is 13.3 Å². The zero-order chi connectivity index (χ0) is 24.2. The Balaban J connectivity index is 5.39. The van der Waals surface area contributed by atoms with Crippen molar-refractivity contribution in [3.63, 3.8) is 0 Å². The number of aliphatic hydroxyl groups is 2. The number of rotatable bonds is 21. The maximum atomic E-state index is 11.7. The Bertz CT molecular complexity index is 548. The fourth-order valence-electron chi connectivity index (χ4n) is 2.61. The van der Waals surface area contributed by atoms with Crippen molar-refractivity contribution >= 4 is 68.7 Å². The van der Waals surface area contributed by atoms with Gasteiger partial charge in [-0.2, -0.15) is 0 Å². The van der Waals surface area contributed by atoms with Crippen molar-refractivity contribution in [3.05, 3.63) is 21.2 Å². The van der Waals surface area contributed by atoms with Gasteiger partial charge >= 0.3 is 0 Å². The number of hydrogen-bond donors (Lipinski definition) is 2. The molecule has 0 aromatic carbocycles. The van der Waals surface area contributed by atoms with Crippen LogP contribution in [-0.4, -0.2) is 96.6 Å². The molecule has 0 aliphatic heterocycles. The molecule has 0 rings (SSSR count). The smallest absolute Gasteiger partial charge is 0.213 e. The number of amides is 2. The zero-order valence-electron chi connectivity index (χ0n) is 19.6. The summed E-state index contributed by atoms with van der Waals surface area (Å²) < 4.78 is 0. The Kier molecular flexibility index (Phi) is 22.8. The third-order valence-corrected chi connectivity index (χ3v) is 13.4. The first-order valence-electron chi connectivity index (χ1n) is 10.6. The maximum absolute atomic E-state index is 11.7. The molecule has 0 aliphatic rings. The van der Waals surface area contributed by atoms with Crippen molar-refractivity contribution in [1.82, 2.24) is 9.80 Å². The van der Waals surface area contributed by atoms with Crippen LogP contribution in [0.25, 0.3) is 0 Å². The molecule has 32 heavy (non-hydrogen) atoms. The predicted molar refractivity (Wildman–Crippen MR) is 154 cm³/mol. The van der Waals surface area contributed by atoms with Crippen molar-refractivity contribution in [1.29, 1.82) is 0 Å². The summed E-state index contributed by atoms with van der Waals surface area (Å²) in [4.78, 5) is 28.7. The quantitative estimate of drug-likeness (QED) is 0.0938. The predicted octanol–water partition coefficient (Wildman–Crippen LogP) is 4.40. The Morgan fingerprint density at radius 1 is 0.781 bits per heavy atom. The summed E-state index contributed by atoms with van der Waals surface area (Å²) in [5.41, 5.74) is 1.73. The molecule has 0 aromatic heterocycles. The van der Waals surface area contributed by atoms with Crippen LogP contribution in [0.4, 0.5) is 0 Å². The largest absolute Gasteiger partial charge is 0.396 e. The summed E-state index contributed by atoms with van der Waals surface area (Å²) in [7, 11) is 6.62. The van der Waals surface area contributed by atoms with E-state index in [-0.39, 0.29) is 13.2 Å². The molecular weight excluding hydrogens is 520 g/mol. The lowest BCUT2D eigenvalue weighted by Crippen LogP contribution is -2.24. The van der Waals surface area contributed by atoms with Gasteiger partial charge in [0.1, 0.15) is 0 Å². The second-order valence-corrected chi connectivity index (χ2v) is 15.4. The summed E-state index contributed by atoms with van der Waals surface area (Å²) in [6.45, 7) is 9.62. The van der Waals surface area contributed by atoms with Gasteiger partial charge in [-0.15, -0.1) is 34.3 Å². The lowest BCUT2D eigenvalue weighted by molar-refractivity contribution is -0.117. The van der Waals surface area contributed by atoms with Crippen LogP contribution in [-0.2, 0) is 9.59 Å². The van der Waals surface area contributed by atoms with Gasteiger partial charge in [-0.05, 0) is 51.3 Å². The average molecular weight is 561 g/mol. The van der Waals surface area contributed by atoms with Crippen molar-refractivity contribution in [3.8, 4) is 0 Å². The summed E-state index contributed by atoms with van der Waals surface area (Å²) in [6.07, 6.45) is 4.66. The van der Waals surface area contributed by atoms with E-state index < -0.39 is 0 Å². The van der Waals surface area contributed by atoms with Crippen molar-refractivity contribution < 1.29 is 19.8 Å². The molecule has 0 bridgehead atoms. The van der Waals surface area contributed by atoms with Crippen LogP contribution in [0.1, 0.15) is 26.7 Å². The van der Waals surface area contributed by atoms with Gasteiger partial charge in [0.25, 0.3) is 0 Å². The van der Waals surface area contributed by atoms with Gasteiger partial charge in [0.15, 0.2) is 0 Å². The third-order valence-electron chi connectivity index (χ3n) is 4.51. The van der Waals surface area contributed by atoms with Crippen LogP contribution in [0.5, 0.6) is 0 Å². The van der Waals surface area contributed by atoms with Crippen molar-refractivity contribution in [2.75, 3.05) is 63.8 Å². The molecule has 2 N–H and O–H groups in total. The molecule has 0 radical (unpaired) electrons. The van der Waals surface area contributed by atoms with E-state index in [9.17, 15) is 19.8 Å². The van der Waals surface area contributed by atoms with E-state index in [0.29, 0.717) is 25.9 Å². The number of aliphatic hydroxyl groups excluding tert-OH is 2. The zero-order valence-corrected chi connectivity index (χ0v) is 25.3. The minimum atomic E-state index is 0.00312. The van der Waals surface area contributed by atoms with Gasteiger partial charge < -0.3 is 20.0 Å². The van der Waals surface area contributed by atoms with Crippen LogP contribution in [0, 0.1) is 0 Å². The highest BCUT2D eigenvalue weighted by molar-refractivity contribution is 8.79. The molecule has 12 heteroatoms. The van der Waals surface area contributed by atoms with Gasteiger partial charge in [-0.25, -0.2) is 0 Å². The second kappa shape index (κ2) is 22.2. The van der Waals surface area contributed by atoms with Crippen molar-refractivity contribution in [2.24, 2.45) is 0 Å². The molecular formula is C20H40N2O4P4S2. The Hall–Kier alpha value is 0.760. The topological polar surface area (TPSA) is 81.1 Å². The van der Waals surface area contributed by atoms with E-state index in [4.69, 9.17) is 0 Å². The monoisotopic (exact) mass is 560 g/mol. The number of carbonyl (C=O) groups excluding carboxylic acids is 2. The summed E-state index contributed by atoms with van der Waals surface area (Å²) in [5.74, 6) is 2.43. The number of nitrogens with zero attached hydrogens (tertiary/aromatic N) is 2. The summed E-state index contributed by atoms with van der Waals surface area (Å²) in [5, 5.41) is 19.1. The fourth-order valence-corrected chi connectivity index (χ4v) is 9.68. The Labute approximate surface area is 209 Å². The van der Waals surface area contributed by atoms with E-state index in [1.165, 1.54) is 33.4 Å². The van der Waals surface area contributed by atoms with E-state index in [1.54, 1.807) is 9.80 Å². The first-order chi connectivity index (χ1) is 15.5. The lowest BCUT2D eigenvalue weighted by Gasteiger charge is -2.23. The van der Waals surface area contributed by atoms with Gasteiger partial charge in [0.2, 0.25) is 12.8 Å². The van der Waals surface area contributed by atoms with Crippen LogP contribution < -0.4 is 0 Å². The molecule has 2 amide bonds. The van der Waals surface area contributed by atoms with Crippen LogP contribution in [0.3, 0.4) is 0 Å². The van der Waals surface area contributed by atoms with E-state index >= 15 is 0 Å². The van der Waals surface area contributed by atoms with Crippen molar-refractivity contribution in [2.45, 2.75) is 26.7 Å². The minimum absolute atomic E-state index is 0.00312. The standard InChI is InChI=1S/C20H40N2O4P4S2/c1-17(21(13-25)7-11-29-15-27-3)19(5-9-23)31-32-20(6-10-24)18(2)22(14-26)8-12-30-16-28-4/h13-14,23-24,27-30H,5-12,15-16H2,1-4H3/b19-17+,20-18+. The SMILES string of the molecule is CPCPCCN(C=O)/C(C)=C(\CCO)SS/C(CCO)=C(\C)N(C=O)CCPCPC. The number of allylic oxidation sites excluding steroid dienone is 2. The molecule has 4 unspecified atom stereocenters. The van der Waals surface area contributed by atoms with Crippen LogP contribution in [0.15, 0.2) is 21.2 Å². The van der Waals surface area contributed by atoms with Gasteiger partial charge in [0.05, 0.1) is 0 Å². The molecule has 0 spiro atoms. The number of hydrogen-bond acceptors (Lipinski definition) is 6. The summed E-state index contributed by atoms with van der Waals surface area (Å²) in [6, 6.07) is 0. The van der Waals surface area contributed by atoms with Gasteiger partial charge in [0, 0.05) is 60.3 Å². The molecule has 6 nitrogen and oxygen atoms in total. The van der Waals surface area contributed by atoms with Gasteiger partial charge in [-0.1, -0.05) is 21.6 Å². The minimum Gasteiger partial charge on any atom is -0.396 e. The Morgan fingerprint density at radius 2 is 1.16 bits per heavy atom. The van der Waals surface area contributed by atoms with E-state index in [0.717, 1.165) is 80.7 Å². The molecule has 0 aromatic rings. The molecule has 4 atom stereocenters.